The van der Waals surface area contributed by atoms with Crippen LogP contribution in [0.1, 0.15) is 49.3 Å². The molecule has 3 aromatic heterocycles. The summed E-state index contributed by atoms with van der Waals surface area (Å²) >= 11 is 0. The number of alkyl halides is 3. The van der Waals surface area contributed by atoms with Crippen LogP contribution in [0.15, 0.2) is 42.9 Å². The number of piperidine rings is 1. The first-order chi connectivity index (χ1) is 17.2. The van der Waals surface area contributed by atoms with Gasteiger partial charge >= 0.3 is 6.18 Å². The smallest absolute Gasteiger partial charge is 0.350 e. The maximum atomic E-state index is 14.0. The Morgan fingerprint density at radius 2 is 1.89 bits per heavy atom. The molecule has 12 heteroatoms. The van der Waals surface area contributed by atoms with Gasteiger partial charge in [0.25, 0.3) is 0 Å². The van der Waals surface area contributed by atoms with Crippen LogP contribution in [0.2, 0.25) is 0 Å². The third-order valence-corrected chi connectivity index (χ3v) is 6.46. The predicted molar refractivity (Wildman–Crippen MR) is 130 cm³/mol. The number of halogens is 3. The summed E-state index contributed by atoms with van der Waals surface area (Å²) in [6.07, 6.45) is 1.98. The molecular formula is C24H28F3N9. The average Bonchev–Trinajstić information content (AvgIpc) is 3.52. The first-order valence-corrected chi connectivity index (χ1v) is 11.9. The number of aromatic nitrogens is 6. The number of nitrogens with zero attached hydrogens (tertiary/aromatic N) is 7. The molecule has 4 aromatic rings. The monoisotopic (exact) mass is 499 g/mol. The van der Waals surface area contributed by atoms with Gasteiger partial charge in [0, 0.05) is 49.2 Å². The van der Waals surface area contributed by atoms with Crippen LogP contribution in [-0.2, 0) is 12.7 Å². The van der Waals surface area contributed by atoms with Crippen molar-refractivity contribution in [3.05, 3.63) is 59.5 Å². The van der Waals surface area contributed by atoms with E-state index >= 15 is 0 Å². The largest absolute Gasteiger partial charge is 0.416 e. The van der Waals surface area contributed by atoms with Gasteiger partial charge in [-0.05, 0) is 37.0 Å². The number of hydrogen-bond acceptors (Lipinski definition) is 7. The van der Waals surface area contributed by atoms with E-state index in [0.29, 0.717) is 36.3 Å². The standard InChI is InChI=1S/C24H28F3N9/c1-15(2)17-14-31-36-21(17)32-23(34-11-7-16(28)8-12-34)33-22(36)29-13-18-19(24(25,26)27)5-3-6-20(18)35-10-4-9-30-35/h3-6,9-10,14-16H,7-8,11-13,28H2,1-2H3,(H,29,32,33). The van der Waals surface area contributed by atoms with E-state index in [2.05, 4.69) is 25.4 Å². The molecule has 0 spiro atoms. The van der Waals surface area contributed by atoms with Crippen molar-refractivity contribution in [1.82, 2.24) is 29.4 Å². The molecule has 0 saturated carbocycles. The Balaban J connectivity index is 1.56. The zero-order chi connectivity index (χ0) is 25.4. The molecule has 0 aliphatic carbocycles. The van der Waals surface area contributed by atoms with Crippen LogP contribution >= 0.6 is 0 Å². The van der Waals surface area contributed by atoms with Crippen molar-refractivity contribution in [3.8, 4) is 5.69 Å². The first-order valence-electron chi connectivity index (χ1n) is 11.9. The Labute approximate surface area is 206 Å². The molecule has 3 N–H and O–H groups in total. The Bertz CT molecular complexity index is 1340. The summed E-state index contributed by atoms with van der Waals surface area (Å²) in [4.78, 5) is 11.5. The minimum atomic E-state index is -4.53. The lowest BCUT2D eigenvalue weighted by molar-refractivity contribution is -0.138. The van der Waals surface area contributed by atoms with Crippen molar-refractivity contribution >= 4 is 17.5 Å². The molecule has 9 nitrogen and oxygen atoms in total. The molecule has 0 atom stereocenters. The molecule has 36 heavy (non-hydrogen) atoms. The minimum absolute atomic E-state index is 0.0576. The Hall–Kier alpha value is -3.67. The lowest BCUT2D eigenvalue weighted by atomic mass is 10.0. The maximum Gasteiger partial charge on any atom is 0.416 e. The first kappa shape index (κ1) is 24.0. The average molecular weight is 500 g/mol. The third-order valence-electron chi connectivity index (χ3n) is 6.46. The molecule has 1 aromatic carbocycles. The predicted octanol–water partition coefficient (Wildman–Crippen LogP) is 3.99. The highest BCUT2D eigenvalue weighted by Gasteiger charge is 2.34. The molecule has 0 bridgehead atoms. The lowest BCUT2D eigenvalue weighted by Crippen LogP contribution is -2.40. The molecule has 1 fully saturated rings. The van der Waals surface area contributed by atoms with Crippen molar-refractivity contribution in [1.29, 1.82) is 0 Å². The number of nitrogens with one attached hydrogen (secondary N) is 1. The second-order valence-electron chi connectivity index (χ2n) is 9.27. The molecule has 4 heterocycles. The van der Waals surface area contributed by atoms with Crippen LogP contribution < -0.4 is 16.0 Å². The molecule has 0 amide bonds. The van der Waals surface area contributed by atoms with Gasteiger partial charge in [-0.3, -0.25) is 0 Å². The van der Waals surface area contributed by atoms with E-state index in [4.69, 9.17) is 10.7 Å². The molecule has 0 unspecified atom stereocenters. The van der Waals surface area contributed by atoms with Crippen molar-refractivity contribution in [2.24, 2.45) is 5.73 Å². The fraction of sp³-hybridized carbons (Fsp3) is 0.417. The zero-order valence-corrected chi connectivity index (χ0v) is 20.1. The Morgan fingerprint density at radius 3 is 2.56 bits per heavy atom. The fourth-order valence-corrected chi connectivity index (χ4v) is 4.47. The van der Waals surface area contributed by atoms with Gasteiger partial charge in [0.2, 0.25) is 11.9 Å². The van der Waals surface area contributed by atoms with Crippen LogP contribution in [0.3, 0.4) is 0 Å². The van der Waals surface area contributed by atoms with E-state index < -0.39 is 11.7 Å². The molecular weight excluding hydrogens is 471 g/mol. The number of anilines is 2. The quantitative estimate of drug-likeness (QED) is 0.414. The Morgan fingerprint density at radius 1 is 1.11 bits per heavy atom. The van der Waals surface area contributed by atoms with Crippen molar-refractivity contribution in [2.45, 2.75) is 51.4 Å². The Kier molecular flexibility index (Phi) is 6.29. The lowest BCUT2D eigenvalue weighted by Gasteiger charge is -2.30. The fourth-order valence-electron chi connectivity index (χ4n) is 4.47. The van der Waals surface area contributed by atoms with Crippen LogP contribution in [0.5, 0.6) is 0 Å². The third kappa shape index (κ3) is 4.60. The van der Waals surface area contributed by atoms with Crippen LogP contribution in [-0.4, -0.2) is 48.5 Å². The summed E-state index contributed by atoms with van der Waals surface area (Å²) in [5.41, 5.74) is 7.29. The van der Waals surface area contributed by atoms with E-state index in [-0.39, 0.29) is 24.1 Å². The highest BCUT2D eigenvalue weighted by atomic mass is 19.4. The van der Waals surface area contributed by atoms with Crippen molar-refractivity contribution in [3.63, 3.8) is 0 Å². The van der Waals surface area contributed by atoms with Gasteiger partial charge in [-0.1, -0.05) is 19.9 Å². The highest BCUT2D eigenvalue weighted by Crippen LogP contribution is 2.35. The summed E-state index contributed by atoms with van der Waals surface area (Å²) in [6.45, 7) is 5.37. The summed E-state index contributed by atoms with van der Waals surface area (Å²) < 4.78 is 44.9. The SMILES string of the molecule is CC(C)c1cnn2c(NCc3c(-n4cccn4)cccc3C(F)(F)F)nc(N3CCC(N)CC3)nc12. The van der Waals surface area contributed by atoms with Crippen LogP contribution in [0, 0.1) is 0 Å². The number of nitrogens with two attached hydrogens (primary N) is 1. The topological polar surface area (TPSA) is 102 Å². The van der Waals surface area contributed by atoms with Crippen LogP contribution in [0.4, 0.5) is 25.1 Å². The summed E-state index contributed by atoms with van der Waals surface area (Å²) in [6, 6.07) is 5.88. The summed E-state index contributed by atoms with van der Waals surface area (Å²) in [7, 11) is 0. The van der Waals surface area contributed by atoms with Gasteiger partial charge < -0.3 is 16.0 Å². The number of hydrogen-bond donors (Lipinski definition) is 2. The van der Waals surface area contributed by atoms with E-state index in [0.717, 1.165) is 24.5 Å². The van der Waals surface area contributed by atoms with Gasteiger partial charge in [0.15, 0.2) is 5.65 Å². The van der Waals surface area contributed by atoms with Gasteiger partial charge in [-0.15, -0.1) is 0 Å². The molecule has 5 rings (SSSR count). The second kappa shape index (κ2) is 9.41. The number of fused-ring (bicyclic) bond motifs is 1. The van der Waals surface area contributed by atoms with Gasteiger partial charge in [0.1, 0.15) is 0 Å². The number of benzene rings is 1. The van der Waals surface area contributed by atoms with E-state index in [1.165, 1.54) is 16.9 Å². The molecule has 0 radical (unpaired) electrons. The molecule has 1 aliphatic rings. The zero-order valence-electron chi connectivity index (χ0n) is 20.1. The van der Waals surface area contributed by atoms with Gasteiger partial charge in [-0.2, -0.15) is 37.9 Å². The van der Waals surface area contributed by atoms with Gasteiger partial charge in [-0.25, -0.2) is 4.68 Å². The van der Waals surface area contributed by atoms with E-state index in [1.807, 2.05) is 13.8 Å². The number of rotatable bonds is 6. The normalized spacial score (nSPS) is 15.2. The highest BCUT2D eigenvalue weighted by molar-refractivity contribution is 5.57. The molecule has 1 aliphatic heterocycles. The molecule has 190 valence electrons. The van der Waals surface area contributed by atoms with E-state index in [1.54, 1.807) is 29.0 Å². The van der Waals surface area contributed by atoms with Gasteiger partial charge in [0.05, 0.1) is 17.4 Å². The maximum absolute atomic E-state index is 14.0. The second-order valence-corrected chi connectivity index (χ2v) is 9.27. The van der Waals surface area contributed by atoms with E-state index in [9.17, 15) is 13.2 Å². The molecule has 1 saturated heterocycles. The van der Waals surface area contributed by atoms with Crippen molar-refractivity contribution in [2.75, 3.05) is 23.3 Å². The minimum Gasteiger partial charge on any atom is -0.350 e. The summed E-state index contributed by atoms with van der Waals surface area (Å²) in [5.74, 6) is 0.987. The van der Waals surface area contributed by atoms with Crippen molar-refractivity contribution < 1.29 is 13.2 Å². The summed E-state index contributed by atoms with van der Waals surface area (Å²) in [5, 5.41) is 11.7. The van der Waals surface area contributed by atoms with Crippen LogP contribution in [0.25, 0.3) is 11.3 Å².